The topological polar surface area (TPSA) is 38.9 Å². The van der Waals surface area contributed by atoms with Gasteiger partial charge in [0.25, 0.3) is 0 Å². The minimum absolute atomic E-state index is 0.667. The number of hydrogen-bond donors (Lipinski definition) is 0. The fourth-order valence-corrected chi connectivity index (χ4v) is 0.262. The van der Waals surface area contributed by atoms with E-state index < -0.39 is 0 Å². The fraction of sp³-hybridized carbons (Fsp3) is 0. The van der Waals surface area contributed by atoms with Crippen LogP contribution in [0.15, 0.2) is 17.4 Å². The Morgan fingerprint density at radius 1 is 1.86 bits per heavy atom. The van der Waals surface area contributed by atoms with Gasteiger partial charge in [-0.3, -0.25) is 0 Å². The van der Waals surface area contributed by atoms with Crippen LogP contribution in [0, 0.1) is 0 Å². The molecule has 1 aromatic heterocycles. The van der Waals surface area contributed by atoms with Crippen LogP contribution in [0.4, 0.5) is 0 Å². The molecular weight excluding hydrogens is 92.1 g/mol. The zero-order valence-electron chi connectivity index (χ0n) is 3.66. The van der Waals surface area contributed by atoms with Crippen molar-refractivity contribution >= 4 is 6.08 Å². The van der Waals surface area contributed by atoms with Crippen molar-refractivity contribution < 1.29 is 4.63 Å². The molecule has 0 aliphatic heterocycles. The highest BCUT2D eigenvalue weighted by Crippen LogP contribution is 1.88. The molecule has 7 heavy (non-hydrogen) atoms. The molecule has 0 atom stereocenters. The maximum Gasteiger partial charge on any atom is 0.127 e. The summed E-state index contributed by atoms with van der Waals surface area (Å²) in [6.45, 7) is 3.44. The maximum absolute atomic E-state index is 4.23. The predicted molar refractivity (Wildman–Crippen MR) is 24.4 cm³/mol. The lowest BCUT2D eigenvalue weighted by Gasteiger charge is -1.64. The third-order valence-electron chi connectivity index (χ3n) is 0.587. The van der Waals surface area contributed by atoms with E-state index in [2.05, 4.69) is 21.5 Å². The van der Waals surface area contributed by atoms with Crippen molar-refractivity contribution in [3.05, 3.63) is 18.5 Å². The molecule has 0 amide bonds. The van der Waals surface area contributed by atoms with E-state index in [1.807, 2.05) is 0 Å². The molecule has 0 aliphatic carbocycles. The lowest BCUT2D eigenvalue weighted by molar-refractivity contribution is 0.306. The van der Waals surface area contributed by atoms with Gasteiger partial charge in [0.1, 0.15) is 5.69 Å². The number of nitrogens with zero attached hydrogens (tertiary/aromatic N) is 2. The first-order valence-electron chi connectivity index (χ1n) is 1.83. The zero-order valence-corrected chi connectivity index (χ0v) is 3.66. The van der Waals surface area contributed by atoms with Crippen LogP contribution in [0.1, 0.15) is 5.69 Å². The van der Waals surface area contributed by atoms with Crippen LogP contribution < -0.4 is 0 Å². The molecule has 36 valence electrons. The molecule has 0 N–H and O–H groups in total. The molecule has 3 heteroatoms. The summed E-state index contributed by atoms with van der Waals surface area (Å²) in [5.41, 5.74) is 0.667. The summed E-state index contributed by atoms with van der Waals surface area (Å²) in [6, 6.07) is 0. The number of hydrogen-bond acceptors (Lipinski definition) is 3. The Morgan fingerprint density at radius 2 is 2.71 bits per heavy atom. The van der Waals surface area contributed by atoms with Crippen LogP contribution in [0.2, 0.25) is 0 Å². The molecule has 0 aliphatic rings. The largest absolute Gasteiger partial charge is 0.244 e. The van der Waals surface area contributed by atoms with Gasteiger partial charge in [-0.05, 0) is 6.08 Å². The number of aromatic nitrogens is 2. The summed E-state index contributed by atoms with van der Waals surface area (Å²) < 4.78 is 4.23. The van der Waals surface area contributed by atoms with Gasteiger partial charge in [0.05, 0.1) is 6.20 Å². The molecule has 1 aromatic rings. The second kappa shape index (κ2) is 1.55. The fourth-order valence-electron chi connectivity index (χ4n) is 0.262. The third-order valence-corrected chi connectivity index (χ3v) is 0.587. The minimum Gasteiger partial charge on any atom is -0.244 e. The van der Waals surface area contributed by atoms with E-state index in [1.54, 1.807) is 6.08 Å². The Kier molecular flexibility index (Phi) is 0.898. The van der Waals surface area contributed by atoms with Crippen molar-refractivity contribution in [1.29, 1.82) is 0 Å². The van der Waals surface area contributed by atoms with Crippen molar-refractivity contribution in [2.24, 2.45) is 0 Å². The van der Waals surface area contributed by atoms with Crippen LogP contribution in [-0.2, 0) is 0 Å². The van der Waals surface area contributed by atoms with E-state index in [4.69, 9.17) is 0 Å². The molecule has 1 rings (SSSR count). The lowest BCUT2D eigenvalue weighted by atomic mass is 10.5. The van der Waals surface area contributed by atoms with Crippen molar-refractivity contribution in [2.45, 2.75) is 0 Å². The van der Waals surface area contributed by atoms with E-state index in [0.29, 0.717) is 5.69 Å². The summed E-state index contributed by atoms with van der Waals surface area (Å²) in [5.74, 6) is 0. The van der Waals surface area contributed by atoms with Gasteiger partial charge < -0.3 is 0 Å². The Bertz CT molecular complexity index is 145. The molecule has 0 aromatic carbocycles. The molecule has 0 radical (unpaired) electrons. The van der Waals surface area contributed by atoms with E-state index in [9.17, 15) is 0 Å². The summed E-state index contributed by atoms with van der Waals surface area (Å²) in [5, 5.41) is 6.77. The van der Waals surface area contributed by atoms with Gasteiger partial charge in [-0.2, -0.15) is 0 Å². The Balaban J connectivity index is 2.96. The first kappa shape index (κ1) is 4.05. The normalized spacial score (nSPS) is 8.57. The molecule has 1 heterocycles. The Morgan fingerprint density at radius 3 is 3.00 bits per heavy atom. The van der Waals surface area contributed by atoms with E-state index in [-0.39, 0.29) is 0 Å². The Labute approximate surface area is 40.6 Å². The molecule has 0 bridgehead atoms. The molecule has 3 nitrogen and oxygen atoms in total. The molecule has 0 saturated heterocycles. The molecule has 0 saturated carbocycles. The molecule has 0 unspecified atom stereocenters. The summed E-state index contributed by atoms with van der Waals surface area (Å²) in [4.78, 5) is 0. The lowest BCUT2D eigenvalue weighted by Crippen LogP contribution is -1.61. The van der Waals surface area contributed by atoms with Gasteiger partial charge in [0, 0.05) is 0 Å². The van der Waals surface area contributed by atoms with E-state index in [0.717, 1.165) is 0 Å². The maximum atomic E-state index is 4.23. The molecule has 0 fully saturated rings. The second-order valence-electron chi connectivity index (χ2n) is 1.04. The van der Waals surface area contributed by atoms with E-state index >= 15 is 0 Å². The van der Waals surface area contributed by atoms with Gasteiger partial charge in [0.15, 0.2) is 0 Å². The van der Waals surface area contributed by atoms with Gasteiger partial charge in [-0.25, -0.2) is 4.63 Å². The van der Waals surface area contributed by atoms with Crippen molar-refractivity contribution in [2.75, 3.05) is 0 Å². The Hall–Kier alpha value is -1.12. The van der Waals surface area contributed by atoms with Gasteiger partial charge in [-0.1, -0.05) is 16.9 Å². The second-order valence-corrected chi connectivity index (χ2v) is 1.04. The average molecular weight is 96.1 g/mol. The van der Waals surface area contributed by atoms with Crippen LogP contribution in [0.5, 0.6) is 0 Å². The van der Waals surface area contributed by atoms with E-state index in [1.165, 1.54) is 6.20 Å². The SMILES string of the molecule is C=Cc1cnon1. The number of rotatable bonds is 1. The standard InChI is InChI=1S/C4H4N2O/c1-2-4-3-5-7-6-4/h2-3H,1H2. The first-order chi connectivity index (χ1) is 3.43. The minimum atomic E-state index is 0.667. The monoisotopic (exact) mass is 96.0 g/mol. The van der Waals surface area contributed by atoms with Crippen LogP contribution in [0.3, 0.4) is 0 Å². The highest BCUT2D eigenvalue weighted by Gasteiger charge is 1.84. The molecular formula is C4H4N2O. The highest BCUT2D eigenvalue weighted by molar-refractivity contribution is 5.37. The third kappa shape index (κ3) is 0.652. The first-order valence-corrected chi connectivity index (χ1v) is 1.83. The highest BCUT2D eigenvalue weighted by atomic mass is 16.6. The predicted octanol–water partition coefficient (Wildman–Crippen LogP) is 0.713. The summed E-state index contributed by atoms with van der Waals surface area (Å²) in [7, 11) is 0. The van der Waals surface area contributed by atoms with Crippen molar-refractivity contribution in [3.8, 4) is 0 Å². The van der Waals surface area contributed by atoms with Crippen LogP contribution in [0.25, 0.3) is 6.08 Å². The average Bonchev–Trinajstić information content (AvgIpc) is 2.14. The summed E-state index contributed by atoms with van der Waals surface area (Å²) in [6.07, 6.45) is 3.06. The van der Waals surface area contributed by atoms with Crippen molar-refractivity contribution in [3.63, 3.8) is 0 Å². The van der Waals surface area contributed by atoms with Crippen molar-refractivity contribution in [1.82, 2.24) is 10.3 Å². The van der Waals surface area contributed by atoms with Crippen LogP contribution >= 0.6 is 0 Å². The van der Waals surface area contributed by atoms with Crippen LogP contribution in [-0.4, -0.2) is 10.3 Å². The van der Waals surface area contributed by atoms with Gasteiger partial charge >= 0.3 is 0 Å². The quantitative estimate of drug-likeness (QED) is 0.516. The zero-order chi connectivity index (χ0) is 5.11. The summed E-state index contributed by atoms with van der Waals surface area (Å²) >= 11 is 0. The van der Waals surface area contributed by atoms with Gasteiger partial charge in [0.2, 0.25) is 0 Å². The van der Waals surface area contributed by atoms with Gasteiger partial charge in [-0.15, -0.1) is 0 Å². The smallest absolute Gasteiger partial charge is 0.127 e. The molecule has 0 spiro atoms.